The van der Waals surface area contributed by atoms with Gasteiger partial charge in [-0.2, -0.15) is 4.98 Å². The van der Waals surface area contributed by atoms with Crippen molar-refractivity contribution in [1.82, 2.24) is 19.7 Å². The SMILES string of the molecule is O=C1CCCC2=C1C(c1ccccc1[N+](=O)[O-])n1nc(SCc3ccccn3)nc1N2. The first kappa shape index (κ1) is 19.4. The maximum absolute atomic E-state index is 12.9. The molecule has 10 heteroatoms. The molecule has 1 unspecified atom stereocenters. The molecular weight excluding hydrogens is 416 g/mol. The average molecular weight is 434 g/mol. The average Bonchev–Trinajstić information content (AvgIpc) is 3.19. The monoisotopic (exact) mass is 434 g/mol. The van der Waals surface area contributed by atoms with Crippen LogP contribution in [0.15, 0.2) is 65.1 Å². The van der Waals surface area contributed by atoms with Crippen molar-refractivity contribution in [1.29, 1.82) is 0 Å². The molecule has 1 atom stereocenters. The number of nitro groups is 1. The Morgan fingerprint density at radius 3 is 2.84 bits per heavy atom. The molecule has 31 heavy (non-hydrogen) atoms. The molecule has 0 spiro atoms. The van der Waals surface area contributed by atoms with Gasteiger partial charge in [0.25, 0.3) is 5.69 Å². The lowest BCUT2D eigenvalue weighted by Crippen LogP contribution is -2.31. The molecule has 5 rings (SSSR count). The second kappa shape index (κ2) is 7.95. The fraction of sp³-hybridized carbons (Fsp3) is 0.238. The van der Waals surface area contributed by atoms with Crippen molar-refractivity contribution in [3.05, 3.63) is 81.3 Å². The predicted molar refractivity (Wildman–Crippen MR) is 115 cm³/mol. The zero-order valence-electron chi connectivity index (χ0n) is 16.4. The number of benzene rings is 1. The Kier molecular flexibility index (Phi) is 4.99. The van der Waals surface area contributed by atoms with Gasteiger partial charge in [0.2, 0.25) is 11.1 Å². The highest BCUT2D eigenvalue weighted by atomic mass is 32.2. The molecule has 0 amide bonds. The van der Waals surface area contributed by atoms with Crippen LogP contribution in [-0.4, -0.2) is 30.5 Å². The van der Waals surface area contributed by atoms with E-state index in [0.717, 1.165) is 17.8 Å². The number of ketones is 1. The number of carbonyl (C=O) groups is 1. The highest BCUT2D eigenvalue weighted by molar-refractivity contribution is 7.98. The number of nitrogens with zero attached hydrogens (tertiary/aromatic N) is 5. The highest BCUT2D eigenvalue weighted by Crippen LogP contribution is 2.43. The van der Waals surface area contributed by atoms with Crippen molar-refractivity contribution in [2.75, 3.05) is 5.32 Å². The molecule has 1 N–H and O–H groups in total. The first-order valence-corrected chi connectivity index (χ1v) is 10.9. The van der Waals surface area contributed by atoms with E-state index in [1.165, 1.54) is 17.8 Å². The Bertz CT molecular complexity index is 1210. The molecule has 0 fully saturated rings. The van der Waals surface area contributed by atoms with E-state index in [2.05, 4.69) is 20.4 Å². The van der Waals surface area contributed by atoms with E-state index in [9.17, 15) is 14.9 Å². The minimum Gasteiger partial charge on any atom is -0.328 e. The number of hydrogen-bond acceptors (Lipinski definition) is 8. The predicted octanol–water partition coefficient (Wildman–Crippen LogP) is 3.90. The molecule has 3 aromatic rings. The van der Waals surface area contributed by atoms with Crippen LogP contribution in [-0.2, 0) is 10.5 Å². The number of pyridine rings is 1. The summed E-state index contributed by atoms with van der Waals surface area (Å²) >= 11 is 1.43. The van der Waals surface area contributed by atoms with Gasteiger partial charge in [-0.1, -0.05) is 30.0 Å². The molecular formula is C21H18N6O3S. The number of rotatable bonds is 5. The van der Waals surface area contributed by atoms with Gasteiger partial charge in [0.1, 0.15) is 6.04 Å². The number of hydrogen-bond donors (Lipinski definition) is 1. The van der Waals surface area contributed by atoms with Crippen LogP contribution >= 0.6 is 11.8 Å². The van der Waals surface area contributed by atoms with Crippen LogP contribution in [0, 0.1) is 10.1 Å². The lowest BCUT2D eigenvalue weighted by atomic mass is 9.85. The van der Waals surface area contributed by atoms with E-state index >= 15 is 0 Å². The van der Waals surface area contributed by atoms with E-state index in [0.29, 0.717) is 40.8 Å². The molecule has 1 aliphatic heterocycles. The van der Waals surface area contributed by atoms with Crippen LogP contribution < -0.4 is 5.32 Å². The normalized spacial score (nSPS) is 17.7. The van der Waals surface area contributed by atoms with Crippen LogP contribution in [0.2, 0.25) is 0 Å². The number of nitrogens with one attached hydrogen (secondary N) is 1. The molecule has 0 saturated heterocycles. The van der Waals surface area contributed by atoms with Crippen molar-refractivity contribution >= 4 is 29.2 Å². The lowest BCUT2D eigenvalue weighted by Gasteiger charge is -2.31. The van der Waals surface area contributed by atoms with E-state index in [1.807, 2.05) is 18.2 Å². The van der Waals surface area contributed by atoms with E-state index in [-0.39, 0.29) is 11.5 Å². The summed E-state index contributed by atoms with van der Waals surface area (Å²) in [5.41, 5.74) is 2.61. The third-order valence-corrected chi connectivity index (χ3v) is 6.22. The van der Waals surface area contributed by atoms with Gasteiger partial charge in [-0.3, -0.25) is 19.9 Å². The maximum Gasteiger partial charge on any atom is 0.275 e. The quantitative estimate of drug-likeness (QED) is 0.365. The Hall–Kier alpha value is -3.53. The molecule has 2 aromatic heterocycles. The third kappa shape index (κ3) is 3.59. The number of nitro benzene ring substituents is 1. The topological polar surface area (TPSA) is 116 Å². The fourth-order valence-corrected chi connectivity index (χ4v) is 4.74. The first-order valence-electron chi connectivity index (χ1n) is 9.87. The number of fused-ring (bicyclic) bond motifs is 1. The van der Waals surface area contributed by atoms with Crippen LogP contribution in [0.25, 0.3) is 0 Å². The number of carbonyl (C=O) groups excluding carboxylic acids is 1. The van der Waals surface area contributed by atoms with Gasteiger partial charge in [-0.05, 0) is 31.0 Å². The molecule has 1 aromatic carbocycles. The number of allylic oxidation sites excluding steroid dienone is 2. The molecule has 9 nitrogen and oxygen atoms in total. The Balaban J connectivity index is 1.57. The molecule has 3 heterocycles. The number of anilines is 1. The summed E-state index contributed by atoms with van der Waals surface area (Å²) in [5, 5.41) is 20.1. The molecule has 2 aliphatic rings. The number of para-hydroxylation sites is 1. The molecule has 1 aliphatic carbocycles. The van der Waals surface area contributed by atoms with Gasteiger partial charge >= 0.3 is 0 Å². The Labute approximate surface area is 181 Å². The summed E-state index contributed by atoms with van der Waals surface area (Å²) in [5.74, 6) is 1.06. The molecule has 156 valence electrons. The number of aromatic nitrogens is 4. The first-order chi connectivity index (χ1) is 15.1. The number of Topliss-reactive ketones (excluding diaryl/α,β-unsaturated/α-hetero) is 1. The highest BCUT2D eigenvalue weighted by Gasteiger charge is 2.39. The van der Waals surface area contributed by atoms with Gasteiger partial charge in [0.05, 0.1) is 16.2 Å². The second-order valence-electron chi connectivity index (χ2n) is 7.28. The van der Waals surface area contributed by atoms with Crippen LogP contribution in [0.1, 0.15) is 36.6 Å². The summed E-state index contributed by atoms with van der Waals surface area (Å²) in [4.78, 5) is 33.1. The van der Waals surface area contributed by atoms with E-state index in [4.69, 9.17) is 0 Å². The summed E-state index contributed by atoms with van der Waals surface area (Å²) in [6, 6.07) is 11.5. The van der Waals surface area contributed by atoms with Crippen LogP contribution in [0.3, 0.4) is 0 Å². The smallest absolute Gasteiger partial charge is 0.275 e. The van der Waals surface area contributed by atoms with Crippen LogP contribution in [0.5, 0.6) is 0 Å². The summed E-state index contributed by atoms with van der Waals surface area (Å²) in [6.45, 7) is 0. The number of thioether (sulfide) groups is 1. The largest absolute Gasteiger partial charge is 0.328 e. The van der Waals surface area contributed by atoms with E-state index in [1.54, 1.807) is 29.1 Å². The van der Waals surface area contributed by atoms with Crippen molar-refractivity contribution < 1.29 is 9.72 Å². The van der Waals surface area contributed by atoms with Gasteiger partial charge in [0, 0.05) is 35.7 Å². The zero-order chi connectivity index (χ0) is 21.4. The van der Waals surface area contributed by atoms with Crippen molar-refractivity contribution in [3.8, 4) is 0 Å². The third-order valence-electron chi connectivity index (χ3n) is 5.35. The Morgan fingerprint density at radius 1 is 1.19 bits per heavy atom. The van der Waals surface area contributed by atoms with Crippen molar-refractivity contribution in [2.24, 2.45) is 0 Å². The maximum atomic E-state index is 12.9. The summed E-state index contributed by atoms with van der Waals surface area (Å²) in [6.07, 6.45) is 3.59. The zero-order valence-corrected chi connectivity index (χ0v) is 17.2. The molecule has 0 saturated carbocycles. The minimum absolute atomic E-state index is 0.0132. The standard InChI is InChI=1S/C21H18N6O3S/c28-17-10-5-8-15-18(17)19(14-7-1-2-9-16(14)27(29)30)26-20(23-15)24-21(25-26)31-12-13-6-3-4-11-22-13/h1-4,6-7,9,11,19H,5,8,10,12H2,(H,23,24,25). The van der Waals surface area contributed by atoms with Crippen LogP contribution in [0.4, 0.5) is 11.6 Å². The van der Waals surface area contributed by atoms with Gasteiger partial charge in [-0.15, -0.1) is 5.10 Å². The van der Waals surface area contributed by atoms with E-state index < -0.39 is 11.0 Å². The van der Waals surface area contributed by atoms with Crippen molar-refractivity contribution in [2.45, 2.75) is 36.2 Å². The second-order valence-corrected chi connectivity index (χ2v) is 8.23. The minimum atomic E-state index is -0.683. The van der Waals surface area contributed by atoms with Crippen molar-refractivity contribution in [3.63, 3.8) is 0 Å². The Morgan fingerprint density at radius 2 is 2.03 bits per heavy atom. The summed E-state index contributed by atoms with van der Waals surface area (Å²) in [7, 11) is 0. The molecule has 0 radical (unpaired) electrons. The molecule has 0 bridgehead atoms. The fourth-order valence-electron chi connectivity index (χ4n) is 3.99. The lowest BCUT2D eigenvalue weighted by molar-refractivity contribution is -0.385. The summed E-state index contributed by atoms with van der Waals surface area (Å²) < 4.78 is 1.60. The van der Waals surface area contributed by atoms with Gasteiger partial charge in [-0.25, -0.2) is 4.68 Å². The van der Waals surface area contributed by atoms with Gasteiger partial charge < -0.3 is 5.32 Å². The van der Waals surface area contributed by atoms with Gasteiger partial charge in [0.15, 0.2) is 5.78 Å².